The van der Waals surface area contributed by atoms with Gasteiger partial charge in [-0.3, -0.25) is 0 Å². The highest BCUT2D eigenvalue weighted by molar-refractivity contribution is 4.94. The van der Waals surface area contributed by atoms with Crippen LogP contribution in [0.5, 0.6) is 0 Å². The molecule has 22 heavy (non-hydrogen) atoms. The lowest BCUT2D eigenvalue weighted by Crippen LogP contribution is -2.50. The molecule has 5 unspecified atom stereocenters. The van der Waals surface area contributed by atoms with Gasteiger partial charge in [0.25, 0.3) is 0 Å². The third-order valence-corrected chi connectivity index (χ3v) is 6.02. The van der Waals surface area contributed by atoms with E-state index in [1.807, 2.05) is 0 Å². The summed E-state index contributed by atoms with van der Waals surface area (Å²) in [6.07, 6.45) is 5.58. The molecule has 3 rings (SSSR count). The molecule has 128 valence electrons. The van der Waals surface area contributed by atoms with E-state index in [1.165, 1.54) is 32.1 Å². The van der Waals surface area contributed by atoms with Gasteiger partial charge in [0.2, 0.25) is 0 Å². The van der Waals surface area contributed by atoms with Crippen LogP contribution in [0.3, 0.4) is 0 Å². The maximum Gasteiger partial charge on any atom is 0.391 e. The van der Waals surface area contributed by atoms with Crippen LogP contribution in [0.4, 0.5) is 13.2 Å². The molecule has 3 aliphatic rings. The average Bonchev–Trinajstić information content (AvgIpc) is 2.96. The molecule has 0 aromatic carbocycles. The molecule has 1 saturated heterocycles. The summed E-state index contributed by atoms with van der Waals surface area (Å²) >= 11 is 0. The van der Waals surface area contributed by atoms with Gasteiger partial charge >= 0.3 is 6.18 Å². The number of hydrogen-bond donors (Lipinski definition) is 2. The highest BCUT2D eigenvalue weighted by Crippen LogP contribution is 2.39. The van der Waals surface area contributed by atoms with E-state index in [-0.39, 0.29) is 12.5 Å². The minimum atomic E-state index is -4.01. The molecular formula is C17H29F3N2. The lowest BCUT2D eigenvalue weighted by molar-refractivity contribution is -0.184. The molecule has 0 bridgehead atoms. The standard InChI is InChI=1S/C17H29F3N2/c18-17(19,20)12-5-3-6-13(11-12)22-16-9-4-7-14(16)15-8-1-2-10-21-15/h12-16,21-22H,1-11H2. The summed E-state index contributed by atoms with van der Waals surface area (Å²) in [4.78, 5) is 0. The Hall–Kier alpha value is -0.290. The summed E-state index contributed by atoms with van der Waals surface area (Å²) in [6, 6.07) is 1.07. The first-order chi connectivity index (χ1) is 10.5. The van der Waals surface area contributed by atoms with Crippen molar-refractivity contribution < 1.29 is 13.2 Å². The molecule has 2 saturated carbocycles. The van der Waals surface area contributed by atoms with Gasteiger partial charge in [0.05, 0.1) is 5.92 Å². The van der Waals surface area contributed by atoms with Gasteiger partial charge in [0.15, 0.2) is 0 Å². The Bertz CT molecular complexity index is 352. The van der Waals surface area contributed by atoms with E-state index >= 15 is 0 Å². The van der Waals surface area contributed by atoms with E-state index in [4.69, 9.17) is 0 Å². The Morgan fingerprint density at radius 1 is 0.864 bits per heavy atom. The largest absolute Gasteiger partial charge is 0.391 e. The Kier molecular flexibility index (Phi) is 5.33. The van der Waals surface area contributed by atoms with Gasteiger partial charge in [0, 0.05) is 18.1 Å². The molecule has 2 nitrogen and oxygen atoms in total. The first kappa shape index (κ1) is 16.6. The van der Waals surface area contributed by atoms with Crippen LogP contribution in [0, 0.1) is 11.8 Å². The van der Waals surface area contributed by atoms with Gasteiger partial charge < -0.3 is 10.6 Å². The van der Waals surface area contributed by atoms with Crippen LogP contribution in [-0.4, -0.2) is 30.8 Å². The van der Waals surface area contributed by atoms with Crippen LogP contribution >= 0.6 is 0 Å². The summed E-state index contributed by atoms with van der Waals surface area (Å²) in [6.45, 7) is 1.10. The van der Waals surface area contributed by atoms with Gasteiger partial charge in [-0.2, -0.15) is 13.2 Å². The molecular weight excluding hydrogens is 289 g/mol. The van der Waals surface area contributed by atoms with Crippen LogP contribution in [0.15, 0.2) is 0 Å². The summed E-state index contributed by atoms with van der Waals surface area (Å²) in [5.74, 6) is -0.474. The Labute approximate surface area is 131 Å². The number of nitrogens with one attached hydrogen (secondary N) is 2. The highest BCUT2D eigenvalue weighted by Gasteiger charge is 2.43. The van der Waals surface area contributed by atoms with Gasteiger partial charge in [-0.1, -0.05) is 19.3 Å². The normalized spacial score (nSPS) is 40.8. The van der Waals surface area contributed by atoms with E-state index in [0.717, 1.165) is 19.4 Å². The number of rotatable bonds is 3. The molecule has 1 aliphatic heterocycles. The molecule has 3 fully saturated rings. The van der Waals surface area contributed by atoms with E-state index in [0.29, 0.717) is 30.8 Å². The van der Waals surface area contributed by atoms with Gasteiger partial charge in [-0.15, -0.1) is 0 Å². The third-order valence-electron chi connectivity index (χ3n) is 6.02. The molecule has 0 radical (unpaired) electrons. The number of hydrogen-bond acceptors (Lipinski definition) is 2. The summed E-state index contributed by atoms with van der Waals surface area (Å²) < 4.78 is 38.9. The van der Waals surface area contributed by atoms with E-state index in [2.05, 4.69) is 10.6 Å². The second-order valence-electron chi connectivity index (χ2n) is 7.53. The van der Waals surface area contributed by atoms with Crippen molar-refractivity contribution >= 4 is 0 Å². The monoisotopic (exact) mass is 318 g/mol. The van der Waals surface area contributed by atoms with Crippen LogP contribution in [0.25, 0.3) is 0 Å². The molecule has 5 heteroatoms. The minimum absolute atomic E-state index is 0.0644. The molecule has 0 amide bonds. The summed E-state index contributed by atoms with van der Waals surface area (Å²) in [5.41, 5.74) is 0. The second-order valence-corrected chi connectivity index (χ2v) is 7.53. The number of piperidine rings is 1. The molecule has 1 heterocycles. The lowest BCUT2D eigenvalue weighted by Gasteiger charge is -2.37. The maximum atomic E-state index is 13.0. The van der Waals surface area contributed by atoms with Crippen molar-refractivity contribution in [1.82, 2.24) is 10.6 Å². The zero-order chi connectivity index (χ0) is 15.6. The van der Waals surface area contributed by atoms with Crippen LogP contribution in [-0.2, 0) is 0 Å². The predicted octanol–water partition coefficient (Wildman–Crippen LogP) is 4.01. The fraction of sp³-hybridized carbons (Fsp3) is 1.00. The smallest absolute Gasteiger partial charge is 0.314 e. The molecule has 0 aromatic heterocycles. The topological polar surface area (TPSA) is 24.1 Å². The SMILES string of the molecule is FC(F)(F)C1CCCC(NC2CCCC2C2CCCCN2)C1. The number of halogens is 3. The van der Waals surface area contributed by atoms with Crippen LogP contribution in [0.1, 0.15) is 64.2 Å². The molecule has 0 aromatic rings. The first-order valence-corrected chi connectivity index (χ1v) is 9.10. The van der Waals surface area contributed by atoms with Crippen molar-refractivity contribution in [2.75, 3.05) is 6.54 Å². The first-order valence-electron chi connectivity index (χ1n) is 9.10. The average molecular weight is 318 g/mol. The van der Waals surface area contributed by atoms with Gasteiger partial charge in [-0.05, 0) is 57.4 Å². The second kappa shape index (κ2) is 7.08. The van der Waals surface area contributed by atoms with Gasteiger partial charge in [0.1, 0.15) is 0 Å². The maximum absolute atomic E-state index is 13.0. The zero-order valence-corrected chi connectivity index (χ0v) is 13.3. The quantitative estimate of drug-likeness (QED) is 0.821. The fourth-order valence-corrected chi connectivity index (χ4v) is 4.86. The highest BCUT2D eigenvalue weighted by atomic mass is 19.4. The Balaban J connectivity index is 1.55. The Morgan fingerprint density at radius 3 is 2.41 bits per heavy atom. The molecule has 2 N–H and O–H groups in total. The lowest BCUT2D eigenvalue weighted by atomic mass is 9.83. The predicted molar refractivity (Wildman–Crippen MR) is 81.7 cm³/mol. The van der Waals surface area contributed by atoms with Crippen LogP contribution in [0.2, 0.25) is 0 Å². The van der Waals surface area contributed by atoms with E-state index < -0.39 is 12.1 Å². The van der Waals surface area contributed by atoms with Crippen molar-refractivity contribution in [2.24, 2.45) is 11.8 Å². The molecule has 5 atom stereocenters. The van der Waals surface area contributed by atoms with Crippen LogP contribution < -0.4 is 10.6 Å². The minimum Gasteiger partial charge on any atom is -0.314 e. The van der Waals surface area contributed by atoms with Crippen molar-refractivity contribution in [1.29, 1.82) is 0 Å². The fourth-order valence-electron chi connectivity index (χ4n) is 4.86. The van der Waals surface area contributed by atoms with E-state index in [1.54, 1.807) is 0 Å². The van der Waals surface area contributed by atoms with Crippen molar-refractivity contribution in [3.63, 3.8) is 0 Å². The van der Waals surface area contributed by atoms with E-state index in [9.17, 15) is 13.2 Å². The van der Waals surface area contributed by atoms with Crippen molar-refractivity contribution in [2.45, 2.75) is 88.5 Å². The summed E-state index contributed by atoms with van der Waals surface area (Å²) in [5, 5.41) is 7.27. The van der Waals surface area contributed by atoms with Crippen molar-refractivity contribution in [3.8, 4) is 0 Å². The number of alkyl halides is 3. The Morgan fingerprint density at radius 2 is 1.68 bits per heavy atom. The van der Waals surface area contributed by atoms with Gasteiger partial charge in [-0.25, -0.2) is 0 Å². The molecule has 0 spiro atoms. The van der Waals surface area contributed by atoms with Crippen molar-refractivity contribution in [3.05, 3.63) is 0 Å². The summed E-state index contributed by atoms with van der Waals surface area (Å²) in [7, 11) is 0. The molecule has 2 aliphatic carbocycles. The third kappa shape index (κ3) is 3.97. The zero-order valence-electron chi connectivity index (χ0n) is 13.3.